The second-order valence-corrected chi connectivity index (χ2v) is 10.4. The highest BCUT2D eigenvalue weighted by molar-refractivity contribution is 6.30. The molecule has 1 fully saturated rings. The Hall–Kier alpha value is -3.60. The van der Waals surface area contributed by atoms with Gasteiger partial charge in [0.2, 0.25) is 12.3 Å². The number of hydrogen-bond donors (Lipinski definition) is 0. The molecule has 1 saturated heterocycles. The lowest BCUT2D eigenvalue weighted by molar-refractivity contribution is 0.00813. The molecule has 2 unspecified atom stereocenters. The summed E-state index contributed by atoms with van der Waals surface area (Å²) < 4.78 is 35.2. The third-order valence-electron chi connectivity index (χ3n) is 6.92. The summed E-state index contributed by atoms with van der Waals surface area (Å²) in [6, 6.07) is 21.6. The molecule has 0 aliphatic carbocycles. The monoisotopic (exact) mass is 518 g/mol. The first-order valence-electron chi connectivity index (χ1n) is 12.0. The van der Waals surface area contributed by atoms with Crippen LogP contribution in [0.25, 0.3) is 11.5 Å². The van der Waals surface area contributed by atoms with Gasteiger partial charge in [0.1, 0.15) is 11.5 Å². The van der Waals surface area contributed by atoms with Gasteiger partial charge < -0.3 is 4.42 Å². The molecule has 1 aromatic heterocycles. The fraction of sp³-hybridized carbons (Fsp3) is 0.276. The van der Waals surface area contributed by atoms with Crippen LogP contribution in [0.5, 0.6) is 0 Å². The molecule has 1 aliphatic heterocycles. The van der Waals surface area contributed by atoms with Gasteiger partial charge in [-0.2, -0.15) is 5.26 Å². The van der Waals surface area contributed by atoms with Crippen LogP contribution in [-0.2, 0) is 0 Å². The Bertz CT molecular complexity index is 1420. The highest BCUT2D eigenvalue weighted by atomic mass is 35.5. The smallest absolute Gasteiger partial charge is 0.247 e. The molecule has 2 atom stereocenters. The van der Waals surface area contributed by atoms with Crippen LogP contribution in [0.1, 0.15) is 48.1 Å². The lowest BCUT2D eigenvalue weighted by atomic mass is 9.72. The minimum Gasteiger partial charge on any atom is -0.423 e. The Morgan fingerprint density at radius 2 is 1.81 bits per heavy atom. The average Bonchev–Trinajstić information content (AvgIpc) is 3.38. The molecule has 3 aromatic carbocycles. The van der Waals surface area contributed by atoms with Crippen molar-refractivity contribution in [3.63, 3.8) is 0 Å². The number of halogens is 3. The van der Waals surface area contributed by atoms with E-state index in [2.05, 4.69) is 15.1 Å². The minimum atomic E-state index is -1.61. The molecule has 2 heterocycles. The molecule has 5 nitrogen and oxygen atoms in total. The number of aromatic nitrogens is 2. The topological polar surface area (TPSA) is 66.0 Å². The largest absolute Gasteiger partial charge is 0.423 e. The quantitative estimate of drug-likeness (QED) is 0.265. The van der Waals surface area contributed by atoms with Gasteiger partial charge in [0.05, 0.1) is 17.7 Å². The summed E-state index contributed by atoms with van der Waals surface area (Å²) in [6.07, 6.45) is 1.29. The van der Waals surface area contributed by atoms with Crippen LogP contribution >= 0.6 is 11.6 Å². The summed E-state index contributed by atoms with van der Waals surface area (Å²) in [5.74, 6) is -0.738. The molecular weight excluding hydrogens is 494 g/mol. The zero-order valence-electron chi connectivity index (χ0n) is 20.4. The van der Waals surface area contributed by atoms with Crippen LogP contribution in [0.4, 0.5) is 8.78 Å². The average molecular weight is 519 g/mol. The fourth-order valence-corrected chi connectivity index (χ4v) is 5.58. The molecule has 0 saturated carbocycles. The molecule has 4 aromatic rings. The highest BCUT2D eigenvalue weighted by Crippen LogP contribution is 2.46. The second-order valence-electron chi connectivity index (χ2n) is 9.96. The summed E-state index contributed by atoms with van der Waals surface area (Å²) in [7, 11) is 0. The standard InChI is InChI=1S/C29H25ClF2N4O/c1-29(2,32)26(22-10-18(14-33)11-25(31)13-22)23-15-36(16-23)27(19-6-8-24(30)9-7-19)20-4-3-5-21(12-20)28-35-34-17-37-28/h3-13,17,23,26-27H,15-16H2,1-2H3. The van der Waals surface area contributed by atoms with Gasteiger partial charge in [-0.3, -0.25) is 4.90 Å². The van der Waals surface area contributed by atoms with Gasteiger partial charge in [-0.05, 0) is 78.9 Å². The summed E-state index contributed by atoms with van der Waals surface area (Å²) >= 11 is 6.17. The van der Waals surface area contributed by atoms with Gasteiger partial charge in [0, 0.05) is 29.6 Å². The van der Waals surface area contributed by atoms with Crippen LogP contribution < -0.4 is 0 Å². The number of nitrogens with zero attached hydrogens (tertiary/aromatic N) is 4. The molecule has 5 rings (SSSR count). The summed E-state index contributed by atoms with van der Waals surface area (Å²) in [5.41, 5.74) is 1.96. The molecule has 8 heteroatoms. The molecule has 1 aliphatic rings. The van der Waals surface area contributed by atoms with E-state index in [-0.39, 0.29) is 17.5 Å². The van der Waals surface area contributed by atoms with Crippen molar-refractivity contribution in [1.82, 2.24) is 15.1 Å². The third-order valence-corrected chi connectivity index (χ3v) is 7.17. The van der Waals surface area contributed by atoms with Crippen molar-refractivity contribution in [2.24, 2.45) is 5.92 Å². The van der Waals surface area contributed by atoms with Crippen molar-refractivity contribution in [2.75, 3.05) is 13.1 Å². The second kappa shape index (κ2) is 10.0. The van der Waals surface area contributed by atoms with E-state index >= 15 is 4.39 Å². The van der Waals surface area contributed by atoms with E-state index < -0.39 is 17.4 Å². The maximum Gasteiger partial charge on any atom is 0.247 e. The van der Waals surface area contributed by atoms with Crippen molar-refractivity contribution in [3.05, 3.63) is 106 Å². The predicted molar refractivity (Wildman–Crippen MR) is 137 cm³/mol. The van der Waals surface area contributed by atoms with Crippen LogP contribution in [-0.4, -0.2) is 33.9 Å². The summed E-state index contributed by atoms with van der Waals surface area (Å²) in [4.78, 5) is 2.27. The van der Waals surface area contributed by atoms with E-state index in [1.807, 2.05) is 54.6 Å². The molecule has 0 radical (unpaired) electrons. The molecule has 0 N–H and O–H groups in total. The predicted octanol–water partition coefficient (Wildman–Crippen LogP) is 6.95. The first-order chi connectivity index (χ1) is 17.7. The van der Waals surface area contributed by atoms with E-state index in [4.69, 9.17) is 16.0 Å². The lowest BCUT2D eigenvalue weighted by Gasteiger charge is -2.50. The number of alkyl halides is 1. The molecule has 37 heavy (non-hydrogen) atoms. The van der Waals surface area contributed by atoms with Crippen LogP contribution in [0.2, 0.25) is 5.02 Å². The van der Waals surface area contributed by atoms with E-state index in [1.165, 1.54) is 32.4 Å². The number of nitriles is 1. The zero-order chi connectivity index (χ0) is 26.2. The van der Waals surface area contributed by atoms with Crippen LogP contribution in [0.3, 0.4) is 0 Å². The summed E-state index contributed by atoms with van der Waals surface area (Å²) in [5, 5.41) is 17.8. The van der Waals surface area contributed by atoms with Gasteiger partial charge in [0.15, 0.2) is 0 Å². The normalized spacial score (nSPS) is 16.1. The van der Waals surface area contributed by atoms with Crippen molar-refractivity contribution in [3.8, 4) is 17.5 Å². The minimum absolute atomic E-state index is 0.0673. The number of hydrogen-bond acceptors (Lipinski definition) is 5. The zero-order valence-corrected chi connectivity index (χ0v) is 21.2. The molecule has 0 bridgehead atoms. The maximum absolute atomic E-state index is 15.5. The van der Waals surface area contributed by atoms with E-state index in [1.54, 1.807) is 6.07 Å². The Kier molecular flexibility index (Phi) is 6.80. The Balaban J connectivity index is 1.48. The van der Waals surface area contributed by atoms with Gasteiger partial charge in [-0.15, -0.1) is 10.2 Å². The summed E-state index contributed by atoms with van der Waals surface area (Å²) in [6.45, 7) is 4.21. The highest BCUT2D eigenvalue weighted by Gasteiger charge is 2.45. The van der Waals surface area contributed by atoms with Crippen molar-refractivity contribution >= 4 is 11.6 Å². The molecular formula is C29H25ClF2N4O. The number of likely N-dealkylation sites (tertiary alicyclic amines) is 1. The fourth-order valence-electron chi connectivity index (χ4n) is 5.46. The lowest BCUT2D eigenvalue weighted by Crippen LogP contribution is -2.53. The number of rotatable bonds is 7. The first kappa shape index (κ1) is 25.1. The third kappa shape index (κ3) is 5.27. The van der Waals surface area contributed by atoms with Crippen molar-refractivity contribution in [1.29, 1.82) is 5.26 Å². The van der Waals surface area contributed by atoms with Crippen LogP contribution in [0.15, 0.2) is 77.5 Å². The van der Waals surface area contributed by atoms with E-state index in [0.717, 1.165) is 16.7 Å². The number of benzene rings is 3. The van der Waals surface area contributed by atoms with E-state index in [0.29, 0.717) is 29.6 Å². The van der Waals surface area contributed by atoms with Crippen LogP contribution in [0, 0.1) is 23.1 Å². The molecule has 0 spiro atoms. The maximum atomic E-state index is 15.5. The Morgan fingerprint density at radius 1 is 1.05 bits per heavy atom. The molecule has 188 valence electrons. The first-order valence-corrected chi connectivity index (χ1v) is 12.4. The Labute approximate surface area is 219 Å². The Morgan fingerprint density at radius 3 is 2.46 bits per heavy atom. The van der Waals surface area contributed by atoms with Gasteiger partial charge >= 0.3 is 0 Å². The van der Waals surface area contributed by atoms with Gasteiger partial charge in [-0.1, -0.05) is 35.9 Å². The van der Waals surface area contributed by atoms with Crippen molar-refractivity contribution in [2.45, 2.75) is 31.5 Å². The van der Waals surface area contributed by atoms with Crippen molar-refractivity contribution < 1.29 is 13.2 Å². The molecule has 0 amide bonds. The SMILES string of the molecule is CC(C)(F)C(c1cc(F)cc(C#N)c1)C1CN(C(c2ccc(Cl)cc2)c2cccc(-c3nnco3)c2)C1. The van der Waals surface area contributed by atoms with Gasteiger partial charge in [-0.25, -0.2) is 8.78 Å². The van der Waals surface area contributed by atoms with Gasteiger partial charge in [0.25, 0.3) is 0 Å². The van der Waals surface area contributed by atoms with E-state index in [9.17, 15) is 9.65 Å².